The lowest BCUT2D eigenvalue weighted by molar-refractivity contribution is -0.179. The topological polar surface area (TPSA) is 101 Å². The van der Waals surface area contributed by atoms with Gasteiger partial charge in [0.25, 0.3) is 5.91 Å². The Balaban J connectivity index is 1.95. The van der Waals surface area contributed by atoms with E-state index in [1.165, 1.54) is 17.2 Å². The first-order valence-electron chi connectivity index (χ1n) is 12.1. The summed E-state index contributed by atoms with van der Waals surface area (Å²) < 4.78 is 102. The first-order valence-corrected chi connectivity index (χ1v) is 14.4. The van der Waals surface area contributed by atoms with Crippen LogP contribution in [-0.2, 0) is 20.6 Å². The Bertz CT molecular complexity index is 1440. The van der Waals surface area contributed by atoms with E-state index in [9.17, 15) is 40.1 Å². The number of aromatic nitrogens is 1. The number of nitrogens with zero attached hydrogens (tertiary/aromatic N) is 3. The molecular weight excluding hydrogens is 602 g/mol. The van der Waals surface area contributed by atoms with Crippen LogP contribution in [0.4, 0.5) is 42.5 Å². The Labute approximate surface area is 237 Å². The number of carbonyl (C=O) groups is 2. The summed E-state index contributed by atoms with van der Waals surface area (Å²) in [6.45, 7) is 4.28. The molecule has 16 heteroatoms. The number of piperidine rings is 1. The van der Waals surface area contributed by atoms with Crippen molar-refractivity contribution < 1.29 is 44.9 Å². The molecule has 2 amide bonds. The second-order valence-corrected chi connectivity index (χ2v) is 13.0. The molecule has 8 nitrogen and oxygen atoms in total. The molecule has 1 saturated heterocycles. The molecular formula is C25H27ClF6N4O4S. The molecule has 226 valence electrons. The van der Waals surface area contributed by atoms with Crippen molar-refractivity contribution in [3.63, 3.8) is 0 Å². The highest BCUT2D eigenvalue weighted by atomic mass is 35.5. The van der Waals surface area contributed by atoms with Crippen LogP contribution in [0.5, 0.6) is 0 Å². The number of amides is 2. The minimum Gasteiger partial charge on any atom is -0.442 e. The number of hydrogen-bond donors (Lipinski definition) is 1. The molecule has 0 bridgehead atoms. The molecule has 1 atom stereocenters. The van der Waals surface area contributed by atoms with Crippen molar-refractivity contribution in [3.05, 3.63) is 46.6 Å². The van der Waals surface area contributed by atoms with Crippen molar-refractivity contribution in [2.75, 3.05) is 29.6 Å². The van der Waals surface area contributed by atoms with Gasteiger partial charge >= 0.3 is 18.4 Å². The van der Waals surface area contributed by atoms with E-state index in [1.54, 1.807) is 20.8 Å². The van der Waals surface area contributed by atoms with Gasteiger partial charge in [0.1, 0.15) is 20.4 Å². The maximum absolute atomic E-state index is 13.6. The molecule has 1 aromatic heterocycles. The summed E-state index contributed by atoms with van der Waals surface area (Å²) in [6, 6.07) is 3.90. The van der Waals surface area contributed by atoms with Crippen molar-refractivity contribution in [1.29, 1.82) is 0 Å². The number of nitrogens with one attached hydrogen (secondary N) is 1. The Hall–Kier alpha value is -3.07. The number of rotatable bonds is 4. The van der Waals surface area contributed by atoms with Crippen LogP contribution in [-0.4, -0.2) is 52.3 Å². The zero-order chi connectivity index (χ0) is 31.0. The summed E-state index contributed by atoms with van der Waals surface area (Å²) in [6.07, 6.45) is -8.87. The molecule has 1 aliphatic heterocycles. The van der Waals surface area contributed by atoms with Crippen molar-refractivity contribution in [2.45, 2.75) is 56.6 Å². The van der Waals surface area contributed by atoms with Gasteiger partial charge in [-0.2, -0.15) is 26.3 Å². The average Bonchev–Trinajstić information content (AvgIpc) is 2.81. The summed E-state index contributed by atoms with van der Waals surface area (Å²) in [5.41, 5.74) is -2.70. The summed E-state index contributed by atoms with van der Waals surface area (Å²) in [7, 11) is -3.43. The van der Waals surface area contributed by atoms with Crippen LogP contribution in [0, 0.1) is 5.92 Å². The molecule has 1 aromatic carbocycles. The van der Waals surface area contributed by atoms with Gasteiger partial charge in [0, 0.05) is 31.2 Å². The maximum Gasteiger partial charge on any atom is 0.442 e. The third kappa shape index (κ3) is 8.47. The predicted molar refractivity (Wildman–Crippen MR) is 141 cm³/mol. The van der Waals surface area contributed by atoms with E-state index in [0.717, 1.165) is 18.4 Å². The normalized spacial score (nSPS) is 16.6. The highest BCUT2D eigenvalue weighted by Gasteiger charge is 2.42. The quantitative estimate of drug-likeness (QED) is 0.360. The Kier molecular flexibility index (Phi) is 9.23. The third-order valence-corrected chi connectivity index (χ3v) is 7.77. The third-order valence-electron chi connectivity index (χ3n) is 5.96. The fourth-order valence-electron chi connectivity index (χ4n) is 4.03. The molecule has 41 heavy (non-hydrogen) atoms. The number of alkyl halides is 6. The zero-order valence-electron chi connectivity index (χ0n) is 22.3. The van der Waals surface area contributed by atoms with Crippen molar-refractivity contribution in [2.24, 2.45) is 10.3 Å². The maximum atomic E-state index is 13.6. The van der Waals surface area contributed by atoms with Crippen molar-refractivity contribution in [3.8, 4) is 0 Å². The van der Waals surface area contributed by atoms with Gasteiger partial charge in [0.2, 0.25) is 0 Å². The molecule has 1 aliphatic rings. The van der Waals surface area contributed by atoms with Crippen LogP contribution in [0.1, 0.15) is 49.5 Å². The summed E-state index contributed by atoms with van der Waals surface area (Å²) in [4.78, 5) is 30.5. The number of ether oxygens (including phenoxy) is 1. The van der Waals surface area contributed by atoms with E-state index in [-0.39, 0.29) is 47.9 Å². The summed E-state index contributed by atoms with van der Waals surface area (Å²) in [5.74, 6) is -2.55. The minimum atomic E-state index is -4.88. The molecule has 3 rings (SSSR count). The molecule has 0 saturated carbocycles. The minimum absolute atomic E-state index is 0.00622. The van der Waals surface area contributed by atoms with E-state index >= 15 is 0 Å². The van der Waals surface area contributed by atoms with Crippen molar-refractivity contribution >= 4 is 44.7 Å². The molecule has 0 radical (unpaired) electrons. The van der Waals surface area contributed by atoms with E-state index in [0.29, 0.717) is 6.07 Å². The van der Waals surface area contributed by atoms with E-state index in [2.05, 4.69) is 14.7 Å². The highest BCUT2D eigenvalue weighted by molar-refractivity contribution is 7.93. The Morgan fingerprint density at radius 3 is 2.24 bits per heavy atom. The SMILES string of the molecule is CC(C)(C)OC(=O)N=[S@@](C)(=O)c1cc(NC(=O)c2cc(Cl)c(C(F)(F)F)cc2N2CCC(C(F)(F)F)CC2)ccn1. The van der Waals surface area contributed by atoms with Gasteiger partial charge in [0.05, 0.1) is 27.8 Å². The number of halogens is 7. The zero-order valence-corrected chi connectivity index (χ0v) is 23.9. The van der Waals surface area contributed by atoms with Gasteiger partial charge in [-0.3, -0.25) is 4.79 Å². The van der Waals surface area contributed by atoms with Gasteiger partial charge in [-0.25, -0.2) is 14.0 Å². The van der Waals surface area contributed by atoms with Gasteiger partial charge in [-0.15, -0.1) is 4.36 Å². The smallest absolute Gasteiger partial charge is 0.442 e. The molecule has 1 fully saturated rings. The van der Waals surface area contributed by atoms with Crippen LogP contribution < -0.4 is 10.2 Å². The van der Waals surface area contributed by atoms with Crippen LogP contribution in [0.3, 0.4) is 0 Å². The average molecular weight is 629 g/mol. The number of hydrogen-bond acceptors (Lipinski definition) is 6. The van der Waals surface area contributed by atoms with E-state index in [1.807, 2.05) is 0 Å². The number of benzene rings is 1. The largest absolute Gasteiger partial charge is 0.442 e. The molecule has 0 spiro atoms. The lowest BCUT2D eigenvalue weighted by Gasteiger charge is -2.35. The standard InChI is InChI=1S/C25H27ClF6N4O4S/c1-23(2,3)40-22(38)35-41(4,39)20-11-15(5-8-33-20)34-21(37)16-12-18(26)17(25(30,31)32)13-19(16)36-9-6-14(7-10-36)24(27,28)29/h5,8,11-14H,6-7,9-10H2,1-4H3,(H,33,34,37)/t41-/m0/s1. The molecule has 2 heterocycles. The first-order chi connectivity index (χ1) is 18.7. The number of pyridine rings is 1. The monoisotopic (exact) mass is 628 g/mol. The molecule has 1 N–H and O–H groups in total. The lowest BCUT2D eigenvalue weighted by atomic mass is 9.95. The van der Waals surface area contributed by atoms with Crippen LogP contribution in [0.2, 0.25) is 5.02 Å². The first kappa shape index (κ1) is 32.4. The highest BCUT2D eigenvalue weighted by Crippen LogP contribution is 2.41. The van der Waals surface area contributed by atoms with E-state index in [4.69, 9.17) is 16.3 Å². The van der Waals surface area contributed by atoms with Gasteiger partial charge in [-0.1, -0.05) is 11.6 Å². The van der Waals surface area contributed by atoms with Gasteiger partial charge < -0.3 is 15.0 Å². The fraction of sp³-hybridized carbons (Fsp3) is 0.480. The van der Waals surface area contributed by atoms with Crippen LogP contribution >= 0.6 is 11.6 Å². The van der Waals surface area contributed by atoms with Crippen LogP contribution in [0.25, 0.3) is 0 Å². The lowest BCUT2D eigenvalue weighted by Crippen LogP contribution is -2.40. The Morgan fingerprint density at radius 1 is 1.10 bits per heavy atom. The number of anilines is 2. The molecule has 0 unspecified atom stereocenters. The predicted octanol–water partition coefficient (Wildman–Crippen LogP) is 7.18. The van der Waals surface area contributed by atoms with Crippen molar-refractivity contribution in [1.82, 2.24) is 4.98 Å². The second-order valence-electron chi connectivity index (χ2n) is 10.4. The fourth-order valence-corrected chi connectivity index (χ4v) is 5.32. The van der Waals surface area contributed by atoms with Gasteiger partial charge in [0.15, 0.2) is 0 Å². The summed E-state index contributed by atoms with van der Waals surface area (Å²) in [5, 5.41) is 1.48. The number of carbonyl (C=O) groups excluding carboxylic acids is 2. The van der Waals surface area contributed by atoms with Gasteiger partial charge in [-0.05, 0) is 57.9 Å². The summed E-state index contributed by atoms with van der Waals surface area (Å²) >= 11 is 5.86. The van der Waals surface area contributed by atoms with E-state index < -0.39 is 56.2 Å². The molecule has 2 aromatic rings. The molecule has 0 aliphatic carbocycles. The Morgan fingerprint density at radius 2 is 1.71 bits per heavy atom. The van der Waals surface area contributed by atoms with Crippen LogP contribution in [0.15, 0.2) is 39.9 Å². The second kappa shape index (κ2) is 11.7.